The molecule has 0 aliphatic carbocycles. The van der Waals surface area contributed by atoms with Crippen molar-refractivity contribution < 1.29 is 9.32 Å². The van der Waals surface area contributed by atoms with E-state index in [1.54, 1.807) is 31.2 Å². The first-order valence-electron chi connectivity index (χ1n) is 4.76. The second-order valence-electron chi connectivity index (χ2n) is 3.42. The number of anilines is 1. The van der Waals surface area contributed by atoms with Gasteiger partial charge in [-0.1, -0.05) is 28.4 Å². The summed E-state index contributed by atoms with van der Waals surface area (Å²) in [5.74, 6) is -0.238. The Labute approximate surface area is 108 Å². The Bertz CT molecular complexity index is 566. The number of aryl methyl sites for hydroxylation is 1. The number of carbonyl (C=O) groups is 1. The molecule has 0 radical (unpaired) electrons. The zero-order valence-electron chi connectivity index (χ0n) is 8.83. The molecule has 0 spiro atoms. The Morgan fingerprint density at radius 1 is 1.29 bits per heavy atom. The Morgan fingerprint density at radius 3 is 2.65 bits per heavy atom. The van der Waals surface area contributed by atoms with Crippen LogP contribution in [0.25, 0.3) is 0 Å². The lowest BCUT2D eigenvalue weighted by Gasteiger charge is -2.03. The molecule has 0 aliphatic heterocycles. The van der Waals surface area contributed by atoms with Crippen LogP contribution in [0.5, 0.6) is 0 Å². The number of rotatable bonds is 2. The third-order valence-electron chi connectivity index (χ3n) is 2.03. The molecule has 1 amide bonds. The van der Waals surface area contributed by atoms with Gasteiger partial charge in [0.2, 0.25) is 5.76 Å². The van der Waals surface area contributed by atoms with Gasteiger partial charge in [0.25, 0.3) is 5.91 Å². The van der Waals surface area contributed by atoms with Gasteiger partial charge in [-0.15, -0.1) is 0 Å². The zero-order valence-corrected chi connectivity index (χ0v) is 10.3. The van der Waals surface area contributed by atoms with Crippen molar-refractivity contribution in [3.63, 3.8) is 0 Å². The summed E-state index contributed by atoms with van der Waals surface area (Å²) in [6, 6.07) is 6.36. The molecule has 1 heterocycles. The summed E-state index contributed by atoms with van der Waals surface area (Å²) < 4.78 is 4.83. The Morgan fingerprint density at radius 2 is 2.06 bits per heavy atom. The number of carbonyl (C=O) groups excluding carboxylic acids is 1. The van der Waals surface area contributed by atoms with Crippen molar-refractivity contribution in [2.45, 2.75) is 6.92 Å². The van der Waals surface area contributed by atoms with Crippen LogP contribution in [-0.4, -0.2) is 11.1 Å². The van der Waals surface area contributed by atoms with E-state index in [1.807, 2.05) is 0 Å². The molecular formula is C11H8Cl2N2O2. The van der Waals surface area contributed by atoms with Crippen LogP contribution in [0.4, 0.5) is 5.69 Å². The predicted octanol–water partition coefficient (Wildman–Crippen LogP) is 3.54. The molecule has 0 unspecified atom stereocenters. The maximum atomic E-state index is 11.7. The summed E-state index contributed by atoms with van der Waals surface area (Å²) >= 11 is 11.6. The lowest BCUT2D eigenvalue weighted by molar-refractivity contribution is 0.0988. The van der Waals surface area contributed by atoms with Crippen molar-refractivity contribution in [2.75, 3.05) is 5.32 Å². The molecule has 88 valence electrons. The molecule has 1 N–H and O–H groups in total. The van der Waals surface area contributed by atoms with Crippen LogP contribution < -0.4 is 5.32 Å². The highest BCUT2D eigenvalue weighted by molar-refractivity contribution is 6.42. The van der Waals surface area contributed by atoms with Crippen molar-refractivity contribution in [2.24, 2.45) is 0 Å². The summed E-state index contributed by atoms with van der Waals surface area (Å²) in [7, 11) is 0. The summed E-state index contributed by atoms with van der Waals surface area (Å²) in [5, 5.41) is 7.06. The molecule has 0 saturated heterocycles. The highest BCUT2D eigenvalue weighted by atomic mass is 35.5. The number of nitrogens with zero attached hydrogens (tertiary/aromatic N) is 1. The van der Waals surface area contributed by atoms with E-state index in [2.05, 4.69) is 10.5 Å². The van der Waals surface area contributed by atoms with Crippen molar-refractivity contribution in [3.05, 3.63) is 45.8 Å². The lowest BCUT2D eigenvalue weighted by Crippen LogP contribution is -2.10. The van der Waals surface area contributed by atoms with E-state index < -0.39 is 0 Å². The lowest BCUT2D eigenvalue weighted by atomic mass is 10.3. The molecule has 1 aromatic heterocycles. The largest absolute Gasteiger partial charge is 0.351 e. The molecule has 0 aliphatic rings. The van der Waals surface area contributed by atoms with Crippen molar-refractivity contribution in [3.8, 4) is 0 Å². The molecule has 0 fully saturated rings. The summed E-state index contributed by atoms with van der Waals surface area (Å²) in [5.41, 5.74) is 1.18. The normalized spacial score (nSPS) is 10.3. The van der Waals surface area contributed by atoms with Gasteiger partial charge in [0.1, 0.15) is 0 Å². The highest BCUT2D eigenvalue weighted by Crippen LogP contribution is 2.25. The number of hydrogen-bond acceptors (Lipinski definition) is 3. The fraction of sp³-hybridized carbons (Fsp3) is 0.0909. The van der Waals surface area contributed by atoms with Gasteiger partial charge in [-0.3, -0.25) is 4.79 Å². The van der Waals surface area contributed by atoms with Crippen molar-refractivity contribution in [1.29, 1.82) is 0 Å². The van der Waals surface area contributed by atoms with Gasteiger partial charge in [-0.25, -0.2) is 0 Å². The highest BCUT2D eigenvalue weighted by Gasteiger charge is 2.12. The maximum Gasteiger partial charge on any atom is 0.294 e. The first kappa shape index (κ1) is 12.0. The maximum absolute atomic E-state index is 11.7. The van der Waals surface area contributed by atoms with Crippen LogP contribution in [-0.2, 0) is 0 Å². The summed E-state index contributed by atoms with van der Waals surface area (Å²) in [6.07, 6.45) is 0. The van der Waals surface area contributed by atoms with Gasteiger partial charge in [-0.2, -0.15) is 0 Å². The van der Waals surface area contributed by atoms with Crippen molar-refractivity contribution in [1.82, 2.24) is 5.16 Å². The van der Waals surface area contributed by atoms with Gasteiger partial charge in [0, 0.05) is 11.8 Å². The molecule has 0 bridgehead atoms. The van der Waals surface area contributed by atoms with E-state index >= 15 is 0 Å². The number of halogens is 2. The van der Waals surface area contributed by atoms with E-state index in [-0.39, 0.29) is 11.7 Å². The fourth-order valence-electron chi connectivity index (χ4n) is 1.24. The van der Waals surface area contributed by atoms with Crippen LogP contribution in [0.15, 0.2) is 28.8 Å². The smallest absolute Gasteiger partial charge is 0.294 e. The van der Waals surface area contributed by atoms with Gasteiger partial charge in [0.05, 0.1) is 15.7 Å². The van der Waals surface area contributed by atoms with Gasteiger partial charge in [-0.05, 0) is 25.1 Å². The average Bonchev–Trinajstić information content (AvgIpc) is 2.70. The minimum Gasteiger partial charge on any atom is -0.351 e. The minimum absolute atomic E-state index is 0.147. The number of hydrogen-bond donors (Lipinski definition) is 1. The first-order valence-corrected chi connectivity index (χ1v) is 5.51. The molecule has 1 aromatic carbocycles. The average molecular weight is 271 g/mol. The van der Waals surface area contributed by atoms with E-state index in [0.29, 0.717) is 21.4 Å². The topological polar surface area (TPSA) is 55.1 Å². The van der Waals surface area contributed by atoms with Crippen LogP contribution >= 0.6 is 23.2 Å². The third kappa shape index (κ3) is 2.78. The van der Waals surface area contributed by atoms with E-state index in [4.69, 9.17) is 27.7 Å². The zero-order chi connectivity index (χ0) is 12.4. The monoisotopic (exact) mass is 270 g/mol. The van der Waals surface area contributed by atoms with E-state index in [9.17, 15) is 4.79 Å². The van der Waals surface area contributed by atoms with Gasteiger partial charge >= 0.3 is 0 Å². The number of amides is 1. The second kappa shape index (κ2) is 4.77. The van der Waals surface area contributed by atoms with Crippen LogP contribution in [0.1, 0.15) is 16.2 Å². The Kier molecular flexibility index (Phi) is 3.36. The van der Waals surface area contributed by atoms with E-state index in [1.165, 1.54) is 0 Å². The van der Waals surface area contributed by atoms with Gasteiger partial charge < -0.3 is 9.84 Å². The van der Waals surface area contributed by atoms with E-state index in [0.717, 1.165) is 0 Å². The number of aromatic nitrogens is 1. The molecule has 17 heavy (non-hydrogen) atoms. The Hall–Kier alpha value is -1.52. The van der Waals surface area contributed by atoms with Crippen LogP contribution in [0, 0.1) is 6.92 Å². The molecule has 0 atom stereocenters. The fourth-order valence-corrected chi connectivity index (χ4v) is 1.54. The standard InChI is InChI=1S/C11H8Cl2N2O2/c1-6-4-10(17-15-6)11(16)14-7-2-3-8(12)9(13)5-7/h2-5H,1H3,(H,14,16). The number of nitrogens with one attached hydrogen (secondary N) is 1. The third-order valence-corrected chi connectivity index (χ3v) is 2.77. The number of benzene rings is 1. The first-order chi connectivity index (χ1) is 8.06. The minimum atomic E-state index is -0.385. The molecule has 2 aromatic rings. The quantitative estimate of drug-likeness (QED) is 0.908. The SMILES string of the molecule is Cc1cc(C(=O)Nc2ccc(Cl)c(Cl)c2)on1. The van der Waals surface area contributed by atoms with Crippen LogP contribution in [0.2, 0.25) is 10.0 Å². The summed E-state index contributed by atoms with van der Waals surface area (Å²) in [4.78, 5) is 11.7. The molecule has 4 nitrogen and oxygen atoms in total. The van der Waals surface area contributed by atoms with Gasteiger partial charge in [0.15, 0.2) is 0 Å². The summed E-state index contributed by atoms with van der Waals surface area (Å²) in [6.45, 7) is 1.74. The molecule has 2 rings (SSSR count). The predicted molar refractivity (Wildman–Crippen MR) is 65.7 cm³/mol. The van der Waals surface area contributed by atoms with Crippen molar-refractivity contribution >= 4 is 34.8 Å². The van der Waals surface area contributed by atoms with Crippen LogP contribution in [0.3, 0.4) is 0 Å². The Balaban J connectivity index is 2.15. The second-order valence-corrected chi connectivity index (χ2v) is 4.23. The molecule has 6 heteroatoms. The molecular weight excluding hydrogens is 263 g/mol. The molecule has 0 saturated carbocycles.